The van der Waals surface area contributed by atoms with Crippen molar-refractivity contribution in [2.45, 2.75) is 19.9 Å². The third-order valence-corrected chi connectivity index (χ3v) is 1.84. The molecule has 0 saturated heterocycles. The van der Waals surface area contributed by atoms with E-state index in [-0.39, 0.29) is 11.6 Å². The Balaban J connectivity index is 2.75. The molecule has 3 amide bonds. The fourth-order valence-electron chi connectivity index (χ4n) is 1.13. The largest absolute Gasteiger partial charge is 0.364 e. The zero-order chi connectivity index (χ0) is 13.7. The van der Waals surface area contributed by atoms with Crippen molar-refractivity contribution < 1.29 is 14.5 Å². The van der Waals surface area contributed by atoms with E-state index in [1.165, 1.54) is 6.07 Å². The van der Waals surface area contributed by atoms with E-state index in [9.17, 15) is 19.7 Å². The molecule has 1 aromatic rings. The molecule has 8 heteroatoms. The third-order valence-electron chi connectivity index (χ3n) is 1.84. The van der Waals surface area contributed by atoms with Crippen LogP contribution in [-0.2, 0) is 0 Å². The minimum atomic E-state index is -0.723. The predicted octanol–water partition coefficient (Wildman–Crippen LogP) is 0.838. The van der Waals surface area contributed by atoms with Gasteiger partial charge in [-0.15, -0.1) is 0 Å². The predicted molar refractivity (Wildman–Crippen MR) is 62.0 cm³/mol. The number of amides is 3. The first-order valence-electron chi connectivity index (χ1n) is 5.12. The minimum absolute atomic E-state index is 0.00407. The van der Waals surface area contributed by atoms with Crippen molar-refractivity contribution in [1.29, 1.82) is 0 Å². The van der Waals surface area contributed by atoms with E-state index in [2.05, 4.69) is 15.6 Å². The van der Waals surface area contributed by atoms with Crippen molar-refractivity contribution in [2.24, 2.45) is 0 Å². The summed E-state index contributed by atoms with van der Waals surface area (Å²) in [5.74, 6) is -1.18. The summed E-state index contributed by atoms with van der Waals surface area (Å²) < 4.78 is 0. The van der Waals surface area contributed by atoms with E-state index >= 15 is 0 Å². The summed E-state index contributed by atoms with van der Waals surface area (Å²) in [5, 5.41) is 15.0. The number of nitro groups is 1. The van der Waals surface area contributed by atoms with Crippen LogP contribution in [0.5, 0.6) is 0 Å². The highest BCUT2D eigenvalue weighted by Crippen LogP contribution is 2.08. The molecule has 0 atom stereocenters. The number of nitrogens with zero attached hydrogens (tertiary/aromatic N) is 2. The van der Waals surface area contributed by atoms with Crippen LogP contribution in [0.2, 0.25) is 0 Å². The van der Waals surface area contributed by atoms with Crippen LogP contribution in [0.3, 0.4) is 0 Å². The minimum Gasteiger partial charge on any atom is -0.358 e. The number of hydrogen-bond acceptors (Lipinski definition) is 5. The number of pyridine rings is 1. The van der Waals surface area contributed by atoms with Crippen molar-refractivity contribution in [3.05, 3.63) is 34.0 Å². The Morgan fingerprint density at radius 1 is 1.44 bits per heavy atom. The van der Waals surface area contributed by atoms with Gasteiger partial charge in [-0.3, -0.25) is 10.1 Å². The Hall–Kier alpha value is -2.51. The standard InChI is InChI=1S/C10H12N4O4/c1-6(2)12-10(16)13-9(15)7-3-4-11-8(5-7)14(17)18/h3-6H,1-2H3,(H2,12,13,15,16). The maximum Gasteiger partial charge on any atom is 0.364 e. The highest BCUT2D eigenvalue weighted by Gasteiger charge is 2.15. The Kier molecular flexibility index (Phi) is 4.30. The maximum absolute atomic E-state index is 11.6. The van der Waals surface area contributed by atoms with Crippen LogP contribution < -0.4 is 10.6 Å². The molecule has 0 spiro atoms. The molecule has 2 N–H and O–H groups in total. The van der Waals surface area contributed by atoms with Gasteiger partial charge >= 0.3 is 11.8 Å². The van der Waals surface area contributed by atoms with Gasteiger partial charge in [0.25, 0.3) is 5.91 Å². The van der Waals surface area contributed by atoms with Gasteiger partial charge in [0.2, 0.25) is 0 Å². The number of urea groups is 1. The topological polar surface area (TPSA) is 114 Å². The van der Waals surface area contributed by atoms with Crippen molar-refractivity contribution in [3.8, 4) is 0 Å². The van der Waals surface area contributed by atoms with E-state index < -0.39 is 22.7 Å². The normalized spacial score (nSPS) is 9.94. The fourth-order valence-corrected chi connectivity index (χ4v) is 1.13. The molecule has 0 fully saturated rings. The Labute approximate surface area is 103 Å². The molecule has 8 nitrogen and oxygen atoms in total. The molecule has 1 rings (SSSR count). The second-order valence-electron chi connectivity index (χ2n) is 3.74. The average molecular weight is 252 g/mol. The number of carbonyl (C=O) groups is 2. The van der Waals surface area contributed by atoms with Crippen molar-refractivity contribution in [1.82, 2.24) is 15.6 Å². The van der Waals surface area contributed by atoms with E-state index in [4.69, 9.17) is 0 Å². The van der Waals surface area contributed by atoms with Gasteiger partial charge in [-0.1, -0.05) is 0 Å². The Morgan fingerprint density at radius 2 is 2.11 bits per heavy atom. The van der Waals surface area contributed by atoms with Crippen molar-refractivity contribution in [2.75, 3.05) is 0 Å². The second-order valence-corrected chi connectivity index (χ2v) is 3.74. The quantitative estimate of drug-likeness (QED) is 0.611. The number of carbonyl (C=O) groups excluding carboxylic acids is 2. The van der Waals surface area contributed by atoms with Crippen LogP contribution >= 0.6 is 0 Å². The molecular formula is C10H12N4O4. The molecule has 0 saturated carbocycles. The first-order valence-corrected chi connectivity index (χ1v) is 5.12. The van der Waals surface area contributed by atoms with E-state index in [0.717, 1.165) is 12.3 Å². The summed E-state index contributed by atoms with van der Waals surface area (Å²) in [6.07, 6.45) is 1.13. The molecule has 0 aliphatic carbocycles. The zero-order valence-corrected chi connectivity index (χ0v) is 9.84. The number of nitrogens with one attached hydrogen (secondary N) is 2. The lowest BCUT2D eigenvalue weighted by molar-refractivity contribution is -0.389. The second kappa shape index (κ2) is 5.71. The van der Waals surface area contributed by atoms with Gasteiger partial charge < -0.3 is 15.4 Å². The van der Waals surface area contributed by atoms with Crippen LogP contribution in [0, 0.1) is 10.1 Å². The van der Waals surface area contributed by atoms with Gasteiger partial charge in [0, 0.05) is 12.1 Å². The van der Waals surface area contributed by atoms with Crippen LogP contribution in [0.4, 0.5) is 10.6 Å². The molecular weight excluding hydrogens is 240 g/mol. The van der Waals surface area contributed by atoms with Gasteiger partial charge in [0.1, 0.15) is 6.20 Å². The highest BCUT2D eigenvalue weighted by molar-refractivity contribution is 6.04. The number of hydrogen-bond donors (Lipinski definition) is 2. The molecule has 18 heavy (non-hydrogen) atoms. The summed E-state index contributed by atoms with van der Waals surface area (Å²) >= 11 is 0. The van der Waals surface area contributed by atoms with Gasteiger partial charge in [0.15, 0.2) is 0 Å². The number of imide groups is 1. The number of rotatable bonds is 3. The van der Waals surface area contributed by atoms with Crippen LogP contribution in [0.1, 0.15) is 24.2 Å². The molecule has 0 aliphatic heterocycles. The summed E-state index contributed by atoms with van der Waals surface area (Å²) in [7, 11) is 0. The lowest BCUT2D eigenvalue weighted by atomic mass is 10.2. The first-order chi connectivity index (χ1) is 8.40. The number of aromatic nitrogens is 1. The highest BCUT2D eigenvalue weighted by atomic mass is 16.6. The lowest BCUT2D eigenvalue weighted by Gasteiger charge is -2.08. The summed E-state index contributed by atoms with van der Waals surface area (Å²) in [4.78, 5) is 36.1. The fraction of sp³-hybridized carbons (Fsp3) is 0.300. The maximum atomic E-state index is 11.6. The Bertz CT molecular complexity index is 487. The van der Waals surface area contributed by atoms with Crippen LogP contribution in [0.15, 0.2) is 18.3 Å². The van der Waals surface area contributed by atoms with Crippen LogP contribution in [-0.4, -0.2) is 27.9 Å². The van der Waals surface area contributed by atoms with Crippen LogP contribution in [0.25, 0.3) is 0 Å². The smallest absolute Gasteiger partial charge is 0.358 e. The molecule has 0 unspecified atom stereocenters. The molecule has 0 aliphatic rings. The van der Waals surface area contributed by atoms with Gasteiger partial charge in [0.05, 0.1) is 5.56 Å². The monoisotopic (exact) mass is 252 g/mol. The summed E-state index contributed by atoms with van der Waals surface area (Å²) in [5.41, 5.74) is -0.00407. The summed E-state index contributed by atoms with van der Waals surface area (Å²) in [6.45, 7) is 3.47. The molecule has 1 aromatic heterocycles. The molecule has 0 aromatic carbocycles. The molecule has 1 heterocycles. The molecule has 0 bridgehead atoms. The van der Waals surface area contributed by atoms with Gasteiger partial charge in [-0.2, -0.15) is 0 Å². The molecule has 96 valence electrons. The van der Waals surface area contributed by atoms with E-state index in [1.54, 1.807) is 13.8 Å². The zero-order valence-electron chi connectivity index (χ0n) is 9.84. The Morgan fingerprint density at radius 3 is 2.67 bits per heavy atom. The lowest BCUT2D eigenvalue weighted by Crippen LogP contribution is -2.42. The average Bonchev–Trinajstić information content (AvgIpc) is 2.27. The third kappa shape index (κ3) is 3.81. The van der Waals surface area contributed by atoms with Crippen molar-refractivity contribution >= 4 is 17.8 Å². The first kappa shape index (κ1) is 13.6. The van der Waals surface area contributed by atoms with Gasteiger partial charge in [-0.05, 0) is 29.8 Å². The SMILES string of the molecule is CC(C)NC(=O)NC(=O)c1ccnc([N+](=O)[O-])c1. The summed E-state index contributed by atoms with van der Waals surface area (Å²) in [6, 6.07) is 1.50. The van der Waals surface area contributed by atoms with Gasteiger partial charge in [-0.25, -0.2) is 4.79 Å². The van der Waals surface area contributed by atoms with E-state index in [1.807, 2.05) is 0 Å². The molecule has 0 radical (unpaired) electrons. The van der Waals surface area contributed by atoms with E-state index in [0.29, 0.717) is 0 Å². The van der Waals surface area contributed by atoms with Crippen molar-refractivity contribution in [3.63, 3.8) is 0 Å².